The maximum atomic E-state index is 12.6. The van der Waals surface area contributed by atoms with E-state index in [1.54, 1.807) is 31.4 Å². The van der Waals surface area contributed by atoms with Crippen LogP contribution in [0.5, 0.6) is 5.75 Å². The Labute approximate surface area is 214 Å². The minimum Gasteiger partial charge on any atom is -0.497 e. The number of benzene rings is 2. The summed E-state index contributed by atoms with van der Waals surface area (Å²) in [7, 11) is 1.60. The molecule has 0 spiro atoms. The Morgan fingerprint density at radius 1 is 1.20 bits per heavy atom. The molecule has 0 aliphatic rings. The third-order valence-electron chi connectivity index (χ3n) is 5.22. The first-order valence-electron chi connectivity index (χ1n) is 11.0. The van der Waals surface area contributed by atoms with Gasteiger partial charge in [0.1, 0.15) is 5.75 Å². The van der Waals surface area contributed by atoms with Crippen LogP contribution in [0.15, 0.2) is 60.3 Å². The number of methoxy groups -OCH3 is 1. The number of carbonyl (C=O) groups is 2. The van der Waals surface area contributed by atoms with E-state index in [-0.39, 0.29) is 30.0 Å². The van der Waals surface area contributed by atoms with Crippen LogP contribution in [0.3, 0.4) is 0 Å². The Bertz CT molecular complexity index is 1200. The van der Waals surface area contributed by atoms with Crippen molar-refractivity contribution in [2.24, 2.45) is 0 Å². The van der Waals surface area contributed by atoms with Gasteiger partial charge >= 0.3 is 0 Å². The standard InChI is InChI=1S/C25H28ClN5O3S/c1-5-13-31-24(17(3)27-22(32)14-18-9-11-19(34-4)12-10-18)29-30-25(31)35-15-23(33)28-21-8-6-7-20(26)16(21)2/h5-12,17H,1,13-15H2,2-4H3,(H,27,32)(H,28,33)/t17-/m1/s1. The number of aromatic nitrogens is 3. The number of hydrogen-bond donors (Lipinski definition) is 2. The summed E-state index contributed by atoms with van der Waals surface area (Å²) in [5.41, 5.74) is 2.36. The van der Waals surface area contributed by atoms with E-state index in [1.165, 1.54) is 11.8 Å². The third-order valence-corrected chi connectivity index (χ3v) is 6.60. The molecule has 0 aliphatic heterocycles. The first kappa shape index (κ1) is 26.3. The summed E-state index contributed by atoms with van der Waals surface area (Å²) < 4.78 is 6.99. The van der Waals surface area contributed by atoms with Gasteiger partial charge in [-0.2, -0.15) is 0 Å². The molecule has 184 valence electrons. The summed E-state index contributed by atoms with van der Waals surface area (Å²) >= 11 is 7.39. The molecule has 35 heavy (non-hydrogen) atoms. The highest BCUT2D eigenvalue weighted by atomic mass is 35.5. The number of anilines is 1. The van der Waals surface area contributed by atoms with Crippen molar-refractivity contribution in [3.63, 3.8) is 0 Å². The van der Waals surface area contributed by atoms with Gasteiger partial charge in [-0.1, -0.05) is 47.6 Å². The van der Waals surface area contributed by atoms with Crippen LogP contribution in [0, 0.1) is 6.92 Å². The summed E-state index contributed by atoms with van der Waals surface area (Å²) in [4.78, 5) is 25.1. The van der Waals surface area contributed by atoms with Crippen molar-refractivity contribution in [1.82, 2.24) is 20.1 Å². The minimum atomic E-state index is -0.384. The van der Waals surface area contributed by atoms with Gasteiger partial charge in [0, 0.05) is 17.3 Å². The van der Waals surface area contributed by atoms with E-state index in [4.69, 9.17) is 16.3 Å². The second kappa shape index (κ2) is 12.4. The summed E-state index contributed by atoms with van der Waals surface area (Å²) in [6.45, 7) is 7.94. The molecule has 3 rings (SSSR count). The zero-order valence-corrected chi connectivity index (χ0v) is 21.4. The number of allylic oxidation sites excluding steroid dienone is 1. The summed E-state index contributed by atoms with van der Waals surface area (Å²) in [6.07, 6.45) is 1.95. The van der Waals surface area contributed by atoms with E-state index in [2.05, 4.69) is 27.4 Å². The average Bonchev–Trinajstić information content (AvgIpc) is 3.24. The second-order valence-electron chi connectivity index (χ2n) is 7.80. The maximum Gasteiger partial charge on any atom is 0.234 e. The van der Waals surface area contributed by atoms with E-state index in [0.29, 0.717) is 28.2 Å². The largest absolute Gasteiger partial charge is 0.497 e. The molecule has 2 aromatic carbocycles. The van der Waals surface area contributed by atoms with Gasteiger partial charge in [-0.15, -0.1) is 16.8 Å². The van der Waals surface area contributed by atoms with E-state index >= 15 is 0 Å². The Morgan fingerprint density at radius 2 is 1.94 bits per heavy atom. The van der Waals surface area contributed by atoms with Crippen LogP contribution in [0.25, 0.3) is 0 Å². The fourth-order valence-electron chi connectivity index (χ4n) is 3.37. The lowest BCUT2D eigenvalue weighted by molar-refractivity contribution is -0.121. The molecule has 0 unspecified atom stereocenters. The third kappa shape index (κ3) is 7.10. The van der Waals surface area contributed by atoms with E-state index < -0.39 is 0 Å². The first-order valence-corrected chi connectivity index (χ1v) is 12.3. The van der Waals surface area contributed by atoms with E-state index in [0.717, 1.165) is 16.9 Å². The highest BCUT2D eigenvalue weighted by molar-refractivity contribution is 7.99. The van der Waals surface area contributed by atoms with Gasteiger partial charge in [-0.25, -0.2) is 0 Å². The quantitative estimate of drug-likeness (QED) is 0.287. The van der Waals surface area contributed by atoms with Crippen molar-refractivity contribution in [3.8, 4) is 5.75 Å². The van der Waals surface area contributed by atoms with Crippen LogP contribution in [0.4, 0.5) is 5.69 Å². The summed E-state index contributed by atoms with van der Waals surface area (Å²) in [5, 5.41) is 15.5. The van der Waals surface area contributed by atoms with Crippen molar-refractivity contribution < 1.29 is 14.3 Å². The first-order chi connectivity index (χ1) is 16.8. The average molecular weight is 514 g/mol. The second-order valence-corrected chi connectivity index (χ2v) is 9.15. The van der Waals surface area contributed by atoms with Gasteiger partial charge in [0.2, 0.25) is 11.8 Å². The number of thioether (sulfide) groups is 1. The Hall–Kier alpha value is -3.30. The molecular formula is C25H28ClN5O3S. The van der Waals surface area contributed by atoms with Crippen molar-refractivity contribution in [3.05, 3.63) is 77.1 Å². The number of nitrogens with one attached hydrogen (secondary N) is 2. The predicted octanol–water partition coefficient (Wildman–Crippen LogP) is 4.59. The van der Waals surface area contributed by atoms with Gasteiger partial charge in [0.05, 0.1) is 25.3 Å². The number of amides is 2. The molecule has 0 fully saturated rings. The van der Waals surface area contributed by atoms with Crippen LogP contribution in [0.2, 0.25) is 5.02 Å². The molecule has 0 saturated heterocycles. The molecule has 0 saturated carbocycles. The van der Waals surface area contributed by atoms with Gasteiger partial charge in [0.25, 0.3) is 0 Å². The van der Waals surface area contributed by atoms with Crippen LogP contribution >= 0.6 is 23.4 Å². The number of carbonyl (C=O) groups excluding carboxylic acids is 2. The molecule has 2 N–H and O–H groups in total. The molecule has 10 heteroatoms. The molecule has 1 heterocycles. The fourth-order valence-corrected chi connectivity index (χ4v) is 4.30. The van der Waals surface area contributed by atoms with Gasteiger partial charge in [-0.05, 0) is 49.2 Å². The zero-order chi connectivity index (χ0) is 25.4. The molecular weight excluding hydrogens is 486 g/mol. The number of ether oxygens (including phenoxy) is 1. The number of halogens is 1. The molecule has 2 amide bonds. The SMILES string of the molecule is C=CCn1c(SCC(=O)Nc2cccc(Cl)c2C)nnc1[C@@H](C)NC(=O)Cc1ccc(OC)cc1. The molecule has 3 aromatic rings. The number of nitrogens with zero attached hydrogens (tertiary/aromatic N) is 3. The lowest BCUT2D eigenvalue weighted by atomic mass is 10.1. The Balaban J connectivity index is 1.62. The van der Waals surface area contributed by atoms with Gasteiger partial charge < -0.3 is 19.9 Å². The Kier molecular flexibility index (Phi) is 9.33. The van der Waals surface area contributed by atoms with Crippen LogP contribution in [0.1, 0.15) is 29.9 Å². The molecule has 8 nitrogen and oxygen atoms in total. The minimum absolute atomic E-state index is 0.138. The fraction of sp³-hybridized carbons (Fsp3) is 0.280. The smallest absolute Gasteiger partial charge is 0.234 e. The zero-order valence-electron chi connectivity index (χ0n) is 19.9. The Morgan fingerprint density at radius 3 is 2.63 bits per heavy atom. The number of rotatable bonds is 11. The molecule has 1 atom stereocenters. The maximum absolute atomic E-state index is 12.6. The topological polar surface area (TPSA) is 98.1 Å². The van der Waals surface area contributed by atoms with Gasteiger partial charge in [-0.3, -0.25) is 9.59 Å². The lowest BCUT2D eigenvalue weighted by Crippen LogP contribution is -2.30. The molecule has 0 aliphatic carbocycles. The number of hydrogen-bond acceptors (Lipinski definition) is 6. The molecule has 1 aromatic heterocycles. The molecule has 0 radical (unpaired) electrons. The van der Waals surface area contributed by atoms with Crippen molar-refractivity contribution in [1.29, 1.82) is 0 Å². The normalized spacial score (nSPS) is 11.5. The van der Waals surface area contributed by atoms with Gasteiger partial charge in [0.15, 0.2) is 11.0 Å². The van der Waals surface area contributed by atoms with Crippen LogP contribution in [-0.4, -0.2) is 39.4 Å². The monoisotopic (exact) mass is 513 g/mol. The predicted molar refractivity (Wildman–Crippen MR) is 139 cm³/mol. The van der Waals surface area contributed by atoms with E-state index in [9.17, 15) is 9.59 Å². The highest BCUT2D eigenvalue weighted by Gasteiger charge is 2.20. The highest BCUT2D eigenvalue weighted by Crippen LogP contribution is 2.24. The summed E-state index contributed by atoms with van der Waals surface area (Å²) in [5.74, 6) is 1.14. The van der Waals surface area contributed by atoms with Crippen molar-refractivity contribution in [2.45, 2.75) is 38.0 Å². The van der Waals surface area contributed by atoms with Crippen LogP contribution < -0.4 is 15.4 Å². The summed E-state index contributed by atoms with van der Waals surface area (Å²) in [6, 6.07) is 12.3. The van der Waals surface area contributed by atoms with E-state index in [1.807, 2.05) is 42.7 Å². The van der Waals surface area contributed by atoms with Crippen LogP contribution in [-0.2, 0) is 22.6 Å². The molecule has 0 bridgehead atoms. The van der Waals surface area contributed by atoms with Crippen molar-refractivity contribution >= 4 is 40.9 Å². The van der Waals surface area contributed by atoms with Crippen molar-refractivity contribution in [2.75, 3.05) is 18.2 Å². The lowest BCUT2D eigenvalue weighted by Gasteiger charge is -2.15.